The fraction of sp³-hybridized carbons (Fsp3) is 0.552. The first-order valence-corrected chi connectivity index (χ1v) is 13.7. The molecule has 3 aliphatic rings. The number of ether oxygens (including phenoxy) is 6. The molecule has 9 atom stereocenters. The topological polar surface area (TPSA) is 214 Å². The molecule has 0 spiro atoms. The molecule has 2 fully saturated rings. The minimum atomic E-state index is -1.93. The van der Waals surface area contributed by atoms with Crippen LogP contribution < -0.4 is 14.2 Å². The molecule has 236 valence electrons. The molecule has 0 saturated carbocycles. The summed E-state index contributed by atoms with van der Waals surface area (Å²) >= 11 is 0. The monoisotopic (exact) mass is 608 g/mol. The zero-order valence-corrected chi connectivity index (χ0v) is 23.7. The van der Waals surface area contributed by atoms with E-state index in [1.165, 1.54) is 14.0 Å². The third-order valence-electron chi connectivity index (χ3n) is 8.15. The quantitative estimate of drug-likeness (QED) is 0.199. The lowest BCUT2D eigenvalue weighted by atomic mass is 9.91. The number of carbonyl (C=O) groups is 1. The predicted octanol–water partition coefficient (Wildman–Crippen LogP) is -0.632. The largest absolute Gasteiger partial charge is 0.507 e. The SMILES string of the molecule is COc1ccc([C@@H]2CC(=O)c3c(O)c(C)c(O[C@@H]4O[C@H](CO[C@@H]5OC[C@](O)(CO)[C@@H]5O)[C@@H](O)[C@H](O)[C@H]4O)c(C)c3O2)cc1. The molecule has 7 N–H and O–H groups in total. The van der Waals surface area contributed by atoms with Crippen molar-refractivity contribution in [1.29, 1.82) is 0 Å². The van der Waals surface area contributed by atoms with Crippen molar-refractivity contribution >= 4 is 5.78 Å². The molecular formula is C29H36O14. The Labute approximate surface area is 246 Å². The molecule has 0 aliphatic carbocycles. The van der Waals surface area contributed by atoms with Crippen LogP contribution in [0.25, 0.3) is 0 Å². The summed E-state index contributed by atoms with van der Waals surface area (Å²) in [5.74, 6) is 0.0285. The Morgan fingerprint density at radius 1 is 1.00 bits per heavy atom. The van der Waals surface area contributed by atoms with E-state index in [0.29, 0.717) is 16.9 Å². The number of aliphatic hydroxyl groups excluding tert-OH is 5. The Bertz CT molecular complexity index is 1330. The molecule has 3 heterocycles. The lowest BCUT2D eigenvalue weighted by Gasteiger charge is -2.41. The van der Waals surface area contributed by atoms with Gasteiger partial charge in [-0.25, -0.2) is 0 Å². The van der Waals surface area contributed by atoms with Crippen molar-refractivity contribution in [2.45, 2.75) is 75.1 Å². The van der Waals surface area contributed by atoms with Crippen molar-refractivity contribution in [2.75, 3.05) is 26.9 Å². The summed E-state index contributed by atoms with van der Waals surface area (Å²) in [5, 5.41) is 72.4. The molecule has 14 nitrogen and oxygen atoms in total. The third kappa shape index (κ3) is 5.66. The molecule has 0 radical (unpaired) electrons. The maximum atomic E-state index is 13.2. The van der Waals surface area contributed by atoms with E-state index >= 15 is 0 Å². The van der Waals surface area contributed by atoms with Crippen LogP contribution >= 0.6 is 0 Å². The van der Waals surface area contributed by atoms with Crippen molar-refractivity contribution in [1.82, 2.24) is 0 Å². The first-order chi connectivity index (χ1) is 20.4. The van der Waals surface area contributed by atoms with Crippen molar-refractivity contribution in [3.05, 3.63) is 46.5 Å². The third-order valence-corrected chi connectivity index (χ3v) is 8.15. The Morgan fingerprint density at radius 2 is 1.70 bits per heavy atom. The van der Waals surface area contributed by atoms with Gasteiger partial charge in [0.15, 0.2) is 12.1 Å². The second-order valence-corrected chi connectivity index (χ2v) is 11.0. The molecule has 43 heavy (non-hydrogen) atoms. The smallest absolute Gasteiger partial charge is 0.229 e. The van der Waals surface area contributed by atoms with E-state index in [1.54, 1.807) is 31.2 Å². The van der Waals surface area contributed by atoms with Gasteiger partial charge in [-0.15, -0.1) is 0 Å². The molecule has 2 aromatic carbocycles. The van der Waals surface area contributed by atoms with Crippen molar-refractivity contribution < 1.29 is 69.0 Å². The van der Waals surface area contributed by atoms with Gasteiger partial charge >= 0.3 is 0 Å². The second-order valence-electron chi connectivity index (χ2n) is 11.0. The highest BCUT2D eigenvalue weighted by Crippen LogP contribution is 2.48. The fourth-order valence-corrected chi connectivity index (χ4v) is 5.41. The summed E-state index contributed by atoms with van der Waals surface area (Å²) in [5.41, 5.74) is -0.742. The summed E-state index contributed by atoms with van der Waals surface area (Å²) in [4.78, 5) is 13.2. The van der Waals surface area contributed by atoms with E-state index < -0.39 is 74.6 Å². The summed E-state index contributed by atoms with van der Waals surface area (Å²) in [6.45, 7) is 1.46. The molecule has 2 saturated heterocycles. The highest BCUT2D eigenvalue weighted by Gasteiger charge is 2.50. The molecule has 0 amide bonds. The number of hydrogen-bond acceptors (Lipinski definition) is 14. The van der Waals surface area contributed by atoms with Crippen LogP contribution in [0, 0.1) is 13.8 Å². The van der Waals surface area contributed by atoms with Crippen LogP contribution in [0.2, 0.25) is 0 Å². The Kier molecular flexibility index (Phi) is 8.87. The Morgan fingerprint density at radius 3 is 2.33 bits per heavy atom. The van der Waals surface area contributed by atoms with E-state index in [1.807, 2.05) is 0 Å². The van der Waals surface area contributed by atoms with Gasteiger partial charge in [0.2, 0.25) is 6.29 Å². The second kappa shape index (κ2) is 12.1. The maximum absolute atomic E-state index is 13.2. The van der Waals surface area contributed by atoms with E-state index in [9.17, 15) is 40.5 Å². The number of fused-ring (bicyclic) bond motifs is 1. The number of Topliss-reactive ketones (excluding diaryl/α,β-unsaturated/α-hetero) is 1. The minimum absolute atomic E-state index is 0.00286. The van der Waals surface area contributed by atoms with Crippen LogP contribution in [0.15, 0.2) is 24.3 Å². The lowest BCUT2D eigenvalue weighted by molar-refractivity contribution is -0.289. The van der Waals surface area contributed by atoms with E-state index in [2.05, 4.69) is 0 Å². The van der Waals surface area contributed by atoms with Gasteiger partial charge in [0, 0.05) is 11.1 Å². The van der Waals surface area contributed by atoms with Crippen molar-refractivity contribution in [3.63, 3.8) is 0 Å². The van der Waals surface area contributed by atoms with Crippen LogP contribution in [-0.2, 0) is 14.2 Å². The van der Waals surface area contributed by atoms with Crippen molar-refractivity contribution in [2.24, 2.45) is 0 Å². The van der Waals surface area contributed by atoms with Crippen LogP contribution in [0.5, 0.6) is 23.0 Å². The molecule has 0 aromatic heterocycles. The normalized spacial score (nSPS) is 34.0. The number of aliphatic hydroxyl groups is 6. The molecular weight excluding hydrogens is 572 g/mol. The predicted molar refractivity (Wildman–Crippen MR) is 144 cm³/mol. The zero-order chi connectivity index (χ0) is 31.2. The minimum Gasteiger partial charge on any atom is -0.507 e. The Balaban J connectivity index is 1.37. The molecule has 3 aliphatic heterocycles. The van der Waals surface area contributed by atoms with Crippen LogP contribution in [-0.4, -0.2) is 117 Å². The average Bonchev–Trinajstić information content (AvgIpc) is 3.30. The number of carbonyl (C=O) groups excluding carboxylic acids is 1. The number of phenolic OH excluding ortho intramolecular Hbond substituents is 1. The molecule has 2 aromatic rings. The summed E-state index contributed by atoms with van der Waals surface area (Å²) in [6.07, 6.45) is -11.7. The van der Waals surface area contributed by atoms with E-state index in [-0.39, 0.29) is 40.6 Å². The summed E-state index contributed by atoms with van der Waals surface area (Å²) < 4.78 is 33.7. The van der Waals surface area contributed by atoms with Gasteiger partial charge < -0.3 is 64.2 Å². The molecule has 0 bridgehead atoms. The van der Waals surface area contributed by atoms with Crippen molar-refractivity contribution in [3.8, 4) is 23.0 Å². The number of ketones is 1. The number of phenols is 1. The van der Waals surface area contributed by atoms with Gasteiger partial charge in [0.25, 0.3) is 0 Å². The zero-order valence-electron chi connectivity index (χ0n) is 23.7. The highest BCUT2D eigenvalue weighted by atomic mass is 16.7. The molecule has 14 heteroatoms. The van der Waals surface area contributed by atoms with Gasteiger partial charge in [0.1, 0.15) is 70.8 Å². The van der Waals surface area contributed by atoms with Gasteiger partial charge in [-0.2, -0.15) is 0 Å². The summed E-state index contributed by atoms with van der Waals surface area (Å²) in [6, 6.07) is 7.01. The molecule has 0 unspecified atom stereocenters. The first kappa shape index (κ1) is 31.4. The average molecular weight is 609 g/mol. The van der Waals surface area contributed by atoms with Crippen LogP contribution in [0.4, 0.5) is 0 Å². The van der Waals surface area contributed by atoms with Gasteiger partial charge in [0.05, 0.1) is 33.4 Å². The van der Waals surface area contributed by atoms with E-state index in [0.717, 1.165) is 0 Å². The number of aromatic hydroxyl groups is 1. The lowest BCUT2D eigenvalue weighted by Crippen LogP contribution is -2.60. The first-order valence-electron chi connectivity index (χ1n) is 13.7. The highest BCUT2D eigenvalue weighted by molar-refractivity contribution is 6.03. The van der Waals surface area contributed by atoms with Gasteiger partial charge in [-0.1, -0.05) is 12.1 Å². The fourth-order valence-electron chi connectivity index (χ4n) is 5.41. The number of hydrogen-bond donors (Lipinski definition) is 7. The molecule has 5 rings (SSSR count). The van der Waals surface area contributed by atoms with Gasteiger partial charge in [-0.3, -0.25) is 4.79 Å². The van der Waals surface area contributed by atoms with Crippen LogP contribution in [0.3, 0.4) is 0 Å². The van der Waals surface area contributed by atoms with Gasteiger partial charge in [-0.05, 0) is 31.5 Å². The Hall–Kier alpha value is -3.05. The maximum Gasteiger partial charge on any atom is 0.229 e. The summed E-state index contributed by atoms with van der Waals surface area (Å²) in [7, 11) is 1.54. The van der Waals surface area contributed by atoms with E-state index in [4.69, 9.17) is 28.4 Å². The van der Waals surface area contributed by atoms with Crippen LogP contribution in [0.1, 0.15) is 39.6 Å². The number of benzene rings is 2. The number of methoxy groups -OCH3 is 1. The standard InChI is InChI=1S/C29H36O14/c1-12-20(32)19-16(31)8-17(14-4-6-15(38-3)7-5-14)41-25(19)13(2)24(12)43-27-23(35)22(34)21(33)18(42-27)9-39-28-26(36)29(37,10-30)11-40-28/h4-7,17-18,21-23,26-28,30,32-37H,8-11H2,1-3H3/t17-,18+,21+,22-,23+,26+,27-,28+,29+/m0/s1. The number of rotatable bonds is 8.